The van der Waals surface area contributed by atoms with Crippen LogP contribution < -0.4 is 5.43 Å². The number of hydrogen-bond acceptors (Lipinski definition) is 7. The molecule has 0 unspecified atom stereocenters. The van der Waals surface area contributed by atoms with Crippen molar-refractivity contribution in [2.75, 3.05) is 0 Å². The summed E-state index contributed by atoms with van der Waals surface area (Å²) in [6.45, 7) is 1.70. The van der Waals surface area contributed by atoms with Crippen molar-refractivity contribution < 1.29 is 28.5 Å². The third-order valence-corrected chi connectivity index (χ3v) is 3.66. The molecule has 0 aliphatic carbocycles. The quantitative estimate of drug-likeness (QED) is 0.377. The maximum absolute atomic E-state index is 11.8. The molecule has 2 N–H and O–H groups in total. The Bertz CT molecular complexity index is 1090. The van der Waals surface area contributed by atoms with Crippen LogP contribution in [0.1, 0.15) is 32.4 Å². The number of nitro benzene ring substituents is 1. The highest BCUT2D eigenvalue weighted by Crippen LogP contribution is 2.28. The van der Waals surface area contributed by atoms with Crippen LogP contribution in [0.3, 0.4) is 0 Å². The Morgan fingerprint density at radius 1 is 1.18 bits per heavy atom. The number of amides is 1. The molecule has 3 rings (SSSR count). The number of furan rings is 2. The van der Waals surface area contributed by atoms with Crippen molar-refractivity contribution in [2.45, 2.75) is 6.92 Å². The van der Waals surface area contributed by atoms with Gasteiger partial charge in [0.15, 0.2) is 5.76 Å². The Kier molecular flexibility index (Phi) is 5.03. The van der Waals surface area contributed by atoms with Crippen LogP contribution in [0.2, 0.25) is 0 Å². The number of nitro groups is 1. The molecule has 142 valence electrons. The number of aromatic carboxylic acids is 1. The predicted molar refractivity (Wildman–Crippen MR) is 96.3 cm³/mol. The molecule has 0 fully saturated rings. The minimum absolute atomic E-state index is 0.103. The van der Waals surface area contributed by atoms with Gasteiger partial charge in [0.1, 0.15) is 17.3 Å². The number of carboxylic acids is 1. The smallest absolute Gasteiger partial charge is 0.336 e. The van der Waals surface area contributed by atoms with Gasteiger partial charge in [-0.3, -0.25) is 14.9 Å². The highest BCUT2D eigenvalue weighted by molar-refractivity contribution is 5.96. The molecular formula is C18H13N3O7. The summed E-state index contributed by atoms with van der Waals surface area (Å²) in [7, 11) is 0. The van der Waals surface area contributed by atoms with Gasteiger partial charge in [0.05, 0.1) is 16.7 Å². The Balaban J connectivity index is 1.77. The number of rotatable bonds is 6. The predicted octanol–water partition coefficient (Wildman–Crippen LogP) is 3.22. The average Bonchev–Trinajstić information content (AvgIpc) is 3.30. The van der Waals surface area contributed by atoms with E-state index in [4.69, 9.17) is 8.83 Å². The van der Waals surface area contributed by atoms with E-state index in [1.807, 2.05) is 0 Å². The largest absolute Gasteiger partial charge is 0.478 e. The molecule has 1 aromatic carbocycles. The van der Waals surface area contributed by atoms with Gasteiger partial charge in [-0.15, -0.1) is 0 Å². The van der Waals surface area contributed by atoms with Gasteiger partial charge in [-0.2, -0.15) is 5.10 Å². The third kappa shape index (κ3) is 3.96. The number of nitrogens with one attached hydrogen (secondary N) is 1. The molecule has 0 atom stereocenters. The van der Waals surface area contributed by atoms with Crippen molar-refractivity contribution >= 4 is 23.8 Å². The van der Waals surface area contributed by atoms with E-state index < -0.39 is 16.8 Å². The van der Waals surface area contributed by atoms with Gasteiger partial charge in [-0.05, 0) is 37.3 Å². The minimum atomic E-state index is -1.33. The number of carbonyl (C=O) groups is 2. The van der Waals surface area contributed by atoms with Gasteiger partial charge < -0.3 is 13.9 Å². The molecule has 0 saturated heterocycles. The number of hydrogen-bond donors (Lipinski definition) is 2. The molecule has 3 aromatic rings. The summed E-state index contributed by atoms with van der Waals surface area (Å²) in [5.41, 5.74) is 1.83. The number of carboxylic acid groups (broad SMARTS) is 1. The first-order chi connectivity index (χ1) is 13.3. The zero-order chi connectivity index (χ0) is 20.3. The molecular weight excluding hydrogens is 370 g/mol. The molecule has 0 aliphatic heterocycles. The van der Waals surface area contributed by atoms with E-state index in [0.29, 0.717) is 5.76 Å². The topological polar surface area (TPSA) is 148 Å². The summed E-state index contributed by atoms with van der Waals surface area (Å²) in [6, 6.07) is 9.59. The first kappa shape index (κ1) is 18.6. The Morgan fingerprint density at radius 2 is 1.96 bits per heavy atom. The van der Waals surface area contributed by atoms with Crippen LogP contribution in [0.25, 0.3) is 11.3 Å². The maximum Gasteiger partial charge on any atom is 0.336 e. The average molecular weight is 383 g/mol. The van der Waals surface area contributed by atoms with E-state index in [-0.39, 0.29) is 34.1 Å². The molecule has 0 bridgehead atoms. The standard InChI is InChI=1S/C18H13N3O7/c1-10-2-6-16(27-10)17(22)20-19-9-12-4-7-15(28-12)13-5-3-11(21(25)26)8-14(13)18(23)24/h2-9H,1H3,(H,20,22)(H,23,24)/b19-9-. The number of carbonyl (C=O) groups excluding carboxylic acids is 1. The van der Waals surface area contributed by atoms with Gasteiger partial charge in [-0.25, -0.2) is 10.2 Å². The Hall–Kier alpha value is -4.21. The molecule has 2 heterocycles. The van der Waals surface area contributed by atoms with E-state index in [1.165, 1.54) is 36.5 Å². The number of benzene rings is 1. The summed E-state index contributed by atoms with van der Waals surface area (Å²) in [5.74, 6) is -0.762. The SMILES string of the molecule is Cc1ccc(C(=O)N/N=C\c2ccc(-c3ccc([N+](=O)[O-])cc3C(=O)O)o2)o1. The molecule has 0 radical (unpaired) electrons. The fraction of sp³-hybridized carbons (Fsp3) is 0.0556. The molecule has 28 heavy (non-hydrogen) atoms. The zero-order valence-electron chi connectivity index (χ0n) is 14.4. The van der Waals surface area contributed by atoms with Crippen LogP contribution in [0, 0.1) is 17.0 Å². The van der Waals surface area contributed by atoms with Crippen LogP contribution in [0.15, 0.2) is 56.4 Å². The lowest BCUT2D eigenvalue weighted by Gasteiger charge is -2.03. The van der Waals surface area contributed by atoms with Crippen molar-refractivity contribution in [3.63, 3.8) is 0 Å². The number of aryl methyl sites for hydroxylation is 1. The van der Waals surface area contributed by atoms with Crippen LogP contribution in [-0.2, 0) is 0 Å². The number of hydrazone groups is 1. The first-order valence-electron chi connectivity index (χ1n) is 7.87. The molecule has 0 spiro atoms. The van der Waals surface area contributed by atoms with Crippen molar-refractivity contribution in [3.05, 3.63) is 75.4 Å². The summed E-state index contributed by atoms with van der Waals surface area (Å²) in [5, 5.41) is 23.9. The van der Waals surface area contributed by atoms with E-state index in [2.05, 4.69) is 10.5 Å². The second kappa shape index (κ2) is 7.58. The van der Waals surface area contributed by atoms with Gasteiger partial charge >= 0.3 is 11.9 Å². The summed E-state index contributed by atoms with van der Waals surface area (Å²) >= 11 is 0. The lowest BCUT2D eigenvalue weighted by molar-refractivity contribution is -0.384. The lowest BCUT2D eigenvalue weighted by Crippen LogP contribution is -2.16. The normalized spacial score (nSPS) is 10.9. The van der Waals surface area contributed by atoms with E-state index >= 15 is 0 Å². The number of nitrogens with zero attached hydrogens (tertiary/aromatic N) is 2. The van der Waals surface area contributed by atoms with Crippen molar-refractivity contribution in [3.8, 4) is 11.3 Å². The third-order valence-electron chi connectivity index (χ3n) is 3.66. The second-order valence-electron chi connectivity index (χ2n) is 5.60. The van der Waals surface area contributed by atoms with Gasteiger partial charge in [0, 0.05) is 17.7 Å². The second-order valence-corrected chi connectivity index (χ2v) is 5.60. The maximum atomic E-state index is 11.8. The lowest BCUT2D eigenvalue weighted by atomic mass is 10.0. The fourth-order valence-corrected chi connectivity index (χ4v) is 2.37. The monoisotopic (exact) mass is 383 g/mol. The van der Waals surface area contributed by atoms with E-state index in [1.54, 1.807) is 13.0 Å². The summed E-state index contributed by atoms with van der Waals surface area (Å²) < 4.78 is 10.7. The first-order valence-corrected chi connectivity index (χ1v) is 7.87. The molecule has 0 aliphatic rings. The Labute approximate surface area is 157 Å². The molecule has 10 nitrogen and oxygen atoms in total. The van der Waals surface area contributed by atoms with Crippen molar-refractivity contribution in [1.29, 1.82) is 0 Å². The fourth-order valence-electron chi connectivity index (χ4n) is 2.37. The van der Waals surface area contributed by atoms with Crippen LogP contribution in [0.4, 0.5) is 5.69 Å². The van der Waals surface area contributed by atoms with Crippen molar-refractivity contribution in [2.24, 2.45) is 5.10 Å². The van der Waals surface area contributed by atoms with Gasteiger partial charge in [-0.1, -0.05) is 0 Å². The van der Waals surface area contributed by atoms with Crippen LogP contribution in [-0.4, -0.2) is 28.1 Å². The van der Waals surface area contributed by atoms with Gasteiger partial charge in [0.25, 0.3) is 5.69 Å². The minimum Gasteiger partial charge on any atom is -0.478 e. The molecule has 1 amide bonds. The van der Waals surface area contributed by atoms with Crippen LogP contribution >= 0.6 is 0 Å². The highest BCUT2D eigenvalue weighted by Gasteiger charge is 2.19. The Morgan fingerprint density at radius 3 is 2.61 bits per heavy atom. The number of non-ortho nitro benzene ring substituents is 1. The highest BCUT2D eigenvalue weighted by atomic mass is 16.6. The summed E-state index contributed by atoms with van der Waals surface area (Å²) in [6.07, 6.45) is 1.23. The zero-order valence-corrected chi connectivity index (χ0v) is 14.4. The summed E-state index contributed by atoms with van der Waals surface area (Å²) in [4.78, 5) is 33.4. The van der Waals surface area contributed by atoms with Crippen molar-refractivity contribution in [1.82, 2.24) is 5.43 Å². The molecule has 10 heteroatoms. The molecule has 2 aromatic heterocycles. The van der Waals surface area contributed by atoms with Crippen LogP contribution in [0.5, 0.6) is 0 Å². The molecule has 0 saturated carbocycles. The van der Waals surface area contributed by atoms with E-state index in [0.717, 1.165) is 6.07 Å². The van der Waals surface area contributed by atoms with Gasteiger partial charge in [0.2, 0.25) is 0 Å². The van der Waals surface area contributed by atoms with E-state index in [9.17, 15) is 24.8 Å².